The molecule has 0 aromatic rings. The summed E-state index contributed by atoms with van der Waals surface area (Å²) in [6.07, 6.45) is 8.82. The van der Waals surface area contributed by atoms with E-state index in [0.717, 1.165) is 25.7 Å². The van der Waals surface area contributed by atoms with E-state index in [4.69, 9.17) is 6.42 Å². The molecule has 0 radical (unpaired) electrons. The van der Waals surface area contributed by atoms with Gasteiger partial charge >= 0.3 is 0 Å². The lowest BCUT2D eigenvalue weighted by Crippen LogP contribution is -2.70. The van der Waals surface area contributed by atoms with Crippen LogP contribution in [0.2, 0.25) is 0 Å². The van der Waals surface area contributed by atoms with Crippen molar-refractivity contribution in [3.8, 4) is 12.3 Å². The average Bonchev–Trinajstić information content (AvgIpc) is 2.76. The summed E-state index contributed by atoms with van der Waals surface area (Å²) in [5.74, 6) is 2.45. The van der Waals surface area contributed by atoms with Gasteiger partial charge in [-0.1, -0.05) is 18.8 Å². The maximum atomic E-state index is 12.5. The van der Waals surface area contributed by atoms with Crippen molar-refractivity contribution < 1.29 is 9.59 Å². The maximum absolute atomic E-state index is 12.5. The standard InChI is InChI=1S/C13H18N2O2/c1-4-9(2)15-10(3)11(16)14-13(12(15)17)7-5-6-8-13/h1,9-10H,5-8H2,2-3H3,(H,14,16). The number of carbonyl (C=O) groups is 2. The van der Waals surface area contributed by atoms with E-state index < -0.39 is 11.6 Å². The average molecular weight is 234 g/mol. The first-order valence-corrected chi connectivity index (χ1v) is 6.13. The minimum absolute atomic E-state index is 0.00690. The van der Waals surface area contributed by atoms with Crippen molar-refractivity contribution in [1.82, 2.24) is 10.2 Å². The molecule has 1 heterocycles. The first kappa shape index (κ1) is 12.0. The molecule has 17 heavy (non-hydrogen) atoms. The lowest BCUT2D eigenvalue weighted by Gasteiger charge is -2.44. The molecule has 4 nitrogen and oxygen atoms in total. The van der Waals surface area contributed by atoms with E-state index in [1.807, 2.05) is 0 Å². The molecule has 2 unspecified atom stereocenters. The van der Waals surface area contributed by atoms with E-state index in [1.54, 1.807) is 18.7 Å². The number of rotatable bonds is 1. The third kappa shape index (κ3) is 1.70. The first-order valence-electron chi connectivity index (χ1n) is 6.13. The number of piperazine rings is 1. The molecule has 2 aliphatic rings. The number of hydrogen-bond donors (Lipinski definition) is 1. The van der Waals surface area contributed by atoms with Crippen LogP contribution in [0.5, 0.6) is 0 Å². The Bertz CT molecular complexity index is 391. The second-order valence-corrected chi connectivity index (χ2v) is 5.01. The normalized spacial score (nSPS) is 29.0. The van der Waals surface area contributed by atoms with E-state index in [0.29, 0.717) is 0 Å². The number of nitrogens with one attached hydrogen (secondary N) is 1. The SMILES string of the molecule is C#CC(C)N1C(=O)C2(CCCC2)NC(=O)C1C. The predicted molar refractivity (Wildman–Crippen MR) is 63.9 cm³/mol. The highest BCUT2D eigenvalue weighted by Gasteiger charge is 2.51. The fourth-order valence-corrected chi connectivity index (χ4v) is 2.85. The lowest BCUT2D eigenvalue weighted by atomic mass is 9.90. The third-order valence-corrected chi connectivity index (χ3v) is 3.92. The quantitative estimate of drug-likeness (QED) is 0.678. The van der Waals surface area contributed by atoms with Gasteiger partial charge in [0.2, 0.25) is 11.8 Å². The van der Waals surface area contributed by atoms with Gasteiger partial charge in [-0.2, -0.15) is 0 Å². The number of terminal acetylenes is 1. The Morgan fingerprint density at radius 1 is 1.47 bits per heavy atom. The van der Waals surface area contributed by atoms with E-state index in [9.17, 15) is 9.59 Å². The van der Waals surface area contributed by atoms with Crippen molar-refractivity contribution in [2.75, 3.05) is 0 Å². The molecule has 0 bridgehead atoms. The van der Waals surface area contributed by atoms with Crippen LogP contribution in [0.1, 0.15) is 39.5 Å². The molecular weight excluding hydrogens is 216 g/mol. The molecule has 1 spiro atoms. The maximum Gasteiger partial charge on any atom is 0.249 e. The van der Waals surface area contributed by atoms with Gasteiger partial charge in [-0.05, 0) is 26.7 Å². The fraction of sp³-hybridized carbons (Fsp3) is 0.692. The number of amides is 2. The third-order valence-electron chi connectivity index (χ3n) is 3.92. The molecule has 2 rings (SSSR count). The zero-order chi connectivity index (χ0) is 12.6. The molecular formula is C13H18N2O2. The van der Waals surface area contributed by atoms with Gasteiger partial charge in [-0.25, -0.2) is 0 Å². The molecule has 2 amide bonds. The predicted octanol–water partition coefficient (Wildman–Crippen LogP) is 0.668. The fourth-order valence-electron chi connectivity index (χ4n) is 2.85. The van der Waals surface area contributed by atoms with E-state index in [1.165, 1.54) is 0 Å². The van der Waals surface area contributed by atoms with Crippen LogP contribution in [0.25, 0.3) is 0 Å². The van der Waals surface area contributed by atoms with Crippen LogP contribution in [0, 0.1) is 12.3 Å². The summed E-state index contributed by atoms with van der Waals surface area (Å²) in [5.41, 5.74) is -0.672. The van der Waals surface area contributed by atoms with Gasteiger partial charge in [0.15, 0.2) is 0 Å². The van der Waals surface area contributed by atoms with Crippen LogP contribution in [0.15, 0.2) is 0 Å². The van der Waals surface area contributed by atoms with Gasteiger partial charge in [-0.3, -0.25) is 9.59 Å². The van der Waals surface area contributed by atoms with Crippen LogP contribution in [-0.4, -0.2) is 34.3 Å². The number of nitrogens with zero attached hydrogens (tertiary/aromatic N) is 1. The summed E-state index contributed by atoms with van der Waals surface area (Å²) in [6, 6.07) is -0.805. The molecule has 0 aromatic carbocycles. The Morgan fingerprint density at radius 2 is 2.06 bits per heavy atom. The minimum Gasteiger partial charge on any atom is -0.340 e. The second-order valence-electron chi connectivity index (χ2n) is 5.01. The van der Waals surface area contributed by atoms with Crippen molar-refractivity contribution in [1.29, 1.82) is 0 Å². The Balaban J connectivity index is 2.34. The Labute approximate surface area is 102 Å². The van der Waals surface area contributed by atoms with Gasteiger partial charge in [-0.15, -0.1) is 6.42 Å². The Morgan fingerprint density at radius 3 is 2.59 bits per heavy atom. The molecule has 1 saturated carbocycles. The van der Waals surface area contributed by atoms with Crippen molar-refractivity contribution >= 4 is 11.8 Å². The summed E-state index contributed by atoms with van der Waals surface area (Å²) < 4.78 is 0. The lowest BCUT2D eigenvalue weighted by molar-refractivity contribution is -0.155. The topological polar surface area (TPSA) is 49.4 Å². The molecule has 92 valence electrons. The molecule has 2 fully saturated rings. The molecule has 1 N–H and O–H groups in total. The second kappa shape index (κ2) is 4.06. The number of carbonyl (C=O) groups excluding carboxylic acids is 2. The van der Waals surface area contributed by atoms with Gasteiger partial charge < -0.3 is 10.2 Å². The Kier molecular flexibility index (Phi) is 2.86. The van der Waals surface area contributed by atoms with Crippen molar-refractivity contribution in [2.24, 2.45) is 0 Å². The van der Waals surface area contributed by atoms with E-state index >= 15 is 0 Å². The van der Waals surface area contributed by atoms with Crippen molar-refractivity contribution in [2.45, 2.75) is 57.2 Å². The van der Waals surface area contributed by atoms with Crippen molar-refractivity contribution in [3.05, 3.63) is 0 Å². The van der Waals surface area contributed by atoms with Crippen LogP contribution in [-0.2, 0) is 9.59 Å². The molecule has 4 heteroatoms. The summed E-state index contributed by atoms with van der Waals surface area (Å²) in [5, 5.41) is 2.90. The minimum atomic E-state index is -0.672. The van der Waals surface area contributed by atoms with Gasteiger partial charge in [0, 0.05) is 0 Å². The highest BCUT2D eigenvalue weighted by Crippen LogP contribution is 2.35. The van der Waals surface area contributed by atoms with Crippen LogP contribution in [0.4, 0.5) is 0 Å². The molecule has 0 aromatic heterocycles. The van der Waals surface area contributed by atoms with Gasteiger partial charge in [0.25, 0.3) is 0 Å². The summed E-state index contributed by atoms with van der Waals surface area (Å²) in [4.78, 5) is 26.0. The monoisotopic (exact) mass is 234 g/mol. The van der Waals surface area contributed by atoms with Crippen LogP contribution < -0.4 is 5.32 Å². The van der Waals surface area contributed by atoms with Crippen molar-refractivity contribution in [3.63, 3.8) is 0 Å². The highest BCUT2D eigenvalue weighted by molar-refractivity contribution is 6.00. The summed E-state index contributed by atoms with van der Waals surface area (Å²) in [6.45, 7) is 3.51. The smallest absolute Gasteiger partial charge is 0.249 e. The largest absolute Gasteiger partial charge is 0.340 e. The van der Waals surface area contributed by atoms with Crippen LogP contribution >= 0.6 is 0 Å². The Hall–Kier alpha value is -1.50. The van der Waals surface area contributed by atoms with E-state index in [-0.39, 0.29) is 17.9 Å². The molecule has 1 saturated heterocycles. The molecule has 1 aliphatic carbocycles. The van der Waals surface area contributed by atoms with Gasteiger partial charge in [0.1, 0.15) is 11.6 Å². The molecule has 2 atom stereocenters. The number of hydrogen-bond acceptors (Lipinski definition) is 2. The zero-order valence-corrected chi connectivity index (χ0v) is 10.3. The highest BCUT2D eigenvalue weighted by atomic mass is 16.2. The van der Waals surface area contributed by atoms with E-state index in [2.05, 4.69) is 11.2 Å². The van der Waals surface area contributed by atoms with Gasteiger partial charge in [0.05, 0.1) is 6.04 Å². The summed E-state index contributed by atoms with van der Waals surface area (Å²) >= 11 is 0. The molecule has 1 aliphatic heterocycles. The summed E-state index contributed by atoms with van der Waals surface area (Å²) in [7, 11) is 0. The van der Waals surface area contributed by atoms with Crippen LogP contribution in [0.3, 0.4) is 0 Å². The first-order chi connectivity index (χ1) is 8.02. The zero-order valence-electron chi connectivity index (χ0n) is 10.3.